The lowest BCUT2D eigenvalue weighted by molar-refractivity contribution is 0.0941. The molecule has 1 unspecified atom stereocenters. The Morgan fingerprint density at radius 1 is 0.935 bits per heavy atom. The first-order valence-electron chi connectivity index (χ1n) is 9.86. The number of carbonyl (C=O) groups excluding carboxylic acids is 1. The maximum absolute atomic E-state index is 13.2. The third-order valence-corrected chi connectivity index (χ3v) is 6.67. The number of rotatable bonds is 7. The molecular formula is C24H26N2O4S. The molecule has 0 aliphatic heterocycles. The van der Waals surface area contributed by atoms with Crippen LogP contribution in [0.25, 0.3) is 0 Å². The largest absolute Gasteiger partial charge is 0.497 e. The first-order valence-corrected chi connectivity index (χ1v) is 11.3. The molecule has 0 spiro atoms. The highest BCUT2D eigenvalue weighted by molar-refractivity contribution is 7.92. The van der Waals surface area contributed by atoms with E-state index >= 15 is 0 Å². The van der Waals surface area contributed by atoms with Gasteiger partial charge in [-0.2, -0.15) is 0 Å². The summed E-state index contributed by atoms with van der Waals surface area (Å²) in [7, 11) is -2.39. The van der Waals surface area contributed by atoms with Crippen molar-refractivity contribution >= 4 is 21.6 Å². The molecule has 0 aromatic heterocycles. The summed E-state index contributed by atoms with van der Waals surface area (Å²) in [6, 6.07) is 19.2. The third kappa shape index (κ3) is 5.06. The van der Waals surface area contributed by atoms with Gasteiger partial charge in [-0.15, -0.1) is 0 Å². The van der Waals surface area contributed by atoms with Crippen molar-refractivity contribution in [1.82, 2.24) is 5.32 Å². The summed E-state index contributed by atoms with van der Waals surface area (Å²) >= 11 is 0. The van der Waals surface area contributed by atoms with Crippen LogP contribution in [0.5, 0.6) is 5.75 Å². The van der Waals surface area contributed by atoms with Gasteiger partial charge < -0.3 is 10.1 Å². The Morgan fingerprint density at radius 2 is 1.52 bits per heavy atom. The van der Waals surface area contributed by atoms with Crippen LogP contribution in [0, 0.1) is 13.8 Å². The van der Waals surface area contributed by atoms with Gasteiger partial charge in [0.2, 0.25) is 0 Å². The maximum atomic E-state index is 13.2. The molecule has 3 rings (SSSR count). The predicted molar refractivity (Wildman–Crippen MR) is 122 cm³/mol. The molecule has 0 aliphatic carbocycles. The normalized spacial score (nSPS) is 12.1. The Labute approximate surface area is 183 Å². The first-order chi connectivity index (χ1) is 14.7. The van der Waals surface area contributed by atoms with Crippen LogP contribution >= 0.6 is 0 Å². The van der Waals surface area contributed by atoms with E-state index in [-0.39, 0.29) is 28.1 Å². The molecule has 0 heterocycles. The van der Waals surface area contributed by atoms with Gasteiger partial charge in [-0.25, -0.2) is 8.42 Å². The van der Waals surface area contributed by atoms with Gasteiger partial charge in [-0.3, -0.25) is 9.52 Å². The third-order valence-electron chi connectivity index (χ3n) is 5.00. The minimum absolute atomic E-state index is 0.168. The quantitative estimate of drug-likeness (QED) is 0.564. The summed E-state index contributed by atoms with van der Waals surface area (Å²) in [6.07, 6.45) is 0. The molecule has 6 nitrogen and oxygen atoms in total. The molecule has 7 heteroatoms. The molecule has 0 bridgehead atoms. The smallest absolute Gasteiger partial charge is 0.262 e. The fourth-order valence-corrected chi connectivity index (χ4v) is 5.05. The van der Waals surface area contributed by atoms with Crippen molar-refractivity contribution in [1.29, 1.82) is 0 Å². The number of sulfonamides is 1. The number of aryl methyl sites for hydroxylation is 2. The highest BCUT2D eigenvalue weighted by Crippen LogP contribution is 2.28. The molecule has 1 atom stereocenters. The molecule has 31 heavy (non-hydrogen) atoms. The minimum Gasteiger partial charge on any atom is -0.497 e. The number of methoxy groups -OCH3 is 1. The van der Waals surface area contributed by atoms with Gasteiger partial charge in [0, 0.05) is 0 Å². The van der Waals surface area contributed by atoms with E-state index in [0.29, 0.717) is 16.9 Å². The number of ether oxygens (including phenoxy) is 1. The highest BCUT2D eigenvalue weighted by atomic mass is 32.2. The number of para-hydroxylation sites is 1. The summed E-state index contributed by atoms with van der Waals surface area (Å²) < 4.78 is 34.2. The fourth-order valence-electron chi connectivity index (χ4n) is 3.52. The number of benzene rings is 3. The predicted octanol–water partition coefficient (Wildman–Crippen LogP) is 4.60. The zero-order valence-corrected chi connectivity index (χ0v) is 18.8. The summed E-state index contributed by atoms with van der Waals surface area (Å²) in [5, 5.41) is 2.93. The van der Waals surface area contributed by atoms with Crippen molar-refractivity contribution in [3.05, 3.63) is 89.0 Å². The van der Waals surface area contributed by atoms with Gasteiger partial charge in [0.05, 0.1) is 29.3 Å². The molecule has 0 saturated heterocycles. The van der Waals surface area contributed by atoms with Gasteiger partial charge in [0.25, 0.3) is 15.9 Å². The van der Waals surface area contributed by atoms with Crippen LogP contribution in [-0.4, -0.2) is 21.4 Å². The van der Waals surface area contributed by atoms with Crippen LogP contribution in [0.15, 0.2) is 71.6 Å². The Balaban J connectivity index is 1.89. The van der Waals surface area contributed by atoms with Crippen LogP contribution in [-0.2, 0) is 10.0 Å². The number of anilines is 1. The van der Waals surface area contributed by atoms with Crippen molar-refractivity contribution in [3.63, 3.8) is 0 Å². The second-order valence-electron chi connectivity index (χ2n) is 7.35. The van der Waals surface area contributed by atoms with E-state index in [2.05, 4.69) is 10.0 Å². The zero-order chi connectivity index (χ0) is 22.6. The van der Waals surface area contributed by atoms with Gasteiger partial charge in [-0.05, 0) is 61.7 Å². The van der Waals surface area contributed by atoms with Gasteiger partial charge in [-0.1, -0.05) is 42.5 Å². The lowest BCUT2D eigenvalue weighted by Crippen LogP contribution is -2.28. The van der Waals surface area contributed by atoms with Gasteiger partial charge in [0.1, 0.15) is 5.75 Å². The topological polar surface area (TPSA) is 84.5 Å². The van der Waals surface area contributed by atoms with Crippen LogP contribution in [0.1, 0.15) is 40.0 Å². The van der Waals surface area contributed by atoms with E-state index in [0.717, 1.165) is 5.56 Å². The fraction of sp³-hybridized carbons (Fsp3) is 0.208. The Morgan fingerprint density at radius 3 is 2.13 bits per heavy atom. The van der Waals surface area contributed by atoms with Gasteiger partial charge in [0.15, 0.2) is 0 Å². The van der Waals surface area contributed by atoms with E-state index in [9.17, 15) is 13.2 Å². The molecular weight excluding hydrogens is 412 g/mol. The summed E-state index contributed by atoms with van der Waals surface area (Å²) in [6.45, 7) is 5.30. The number of amides is 1. The maximum Gasteiger partial charge on any atom is 0.262 e. The standard InChI is InChI=1S/C24H26N2O4S/c1-16-14-20(30-4)15-17(2)23(16)31(28,29)26-22-13-9-8-12-21(22)24(27)25-18(3)19-10-6-5-7-11-19/h5-15,18,26H,1-4H3,(H,25,27). The Bertz CT molecular complexity index is 1170. The van der Waals surface area contributed by atoms with Crippen molar-refractivity contribution < 1.29 is 17.9 Å². The van der Waals surface area contributed by atoms with Crippen molar-refractivity contribution in [2.24, 2.45) is 0 Å². The average molecular weight is 439 g/mol. The van der Waals surface area contributed by atoms with Crippen LogP contribution in [0.4, 0.5) is 5.69 Å². The summed E-state index contributed by atoms with van der Waals surface area (Å²) in [5.74, 6) is 0.224. The minimum atomic E-state index is -3.92. The molecule has 2 N–H and O–H groups in total. The second kappa shape index (κ2) is 9.22. The molecule has 162 valence electrons. The molecule has 0 radical (unpaired) electrons. The average Bonchev–Trinajstić information content (AvgIpc) is 2.73. The number of nitrogens with one attached hydrogen (secondary N) is 2. The van der Waals surface area contributed by atoms with E-state index in [1.54, 1.807) is 50.2 Å². The molecule has 3 aromatic carbocycles. The van der Waals surface area contributed by atoms with Crippen LogP contribution in [0.2, 0.25) is 0 Å². The van der Waals surface area contributed by atoms with E-state index in [1.165, 1.54) is 7.11 Å². The SMILES string of the molecule is COc1cc(C)c(S(=O)(=O)Nc2ccccc2C(=O)NC(C)c2ccccc2)c(C)c1. The summed E-state index contributed by atoms with van der Waals surface area (Å²) in [4.78, 5) is 13.1. The molecule has 3 aromatic rings. The number of hydrogen-bond acceptors (Lipinski definition) is 4. The lowest BCUT2D eigenvalue weighted by Gasteiger charge is -2.18. The van der Waals surface area contributed by atoms with Gasteiger partial charge >= 0.3 is 0 Å². The Kier molecular flexibility index (Phi) is 6.65. The molecule has 1 amide bonds. The molecule has 0 aliphatic rings. The second-order valence-corrected chi connectivity index (χ2v) is 8.97. The van der Waals surface area contributed by atoms with Crippen molar-refractivity contribution in [3.8, 4) is 5.75 Å². The monoisotopic (exact) mass is 438 g/mol. The lowest BCUT2D eigenvalue weighted by atomic mass is 10.1. The zero-order valence-electron chi connectivity index (χ0n) is 18.0. The van der Waals surface area contributed by atoms with E-state index < -0.39 is 10.0 Å². The van der Waals surface area contributed by atoms with E-state index in [4.69, 9.17) is 4.74 Å². The summed E-state index contributed by atoms with van der Waals surface area (Å²) in [5.41, 5.74) is 2.54. The van der Waals surface area contributed by atoms with Crippen molar-refractivity contribution in [2.45, 2.75) is 31.7 Å². The molecule has 0 fully saturated rings. The van der Waals surface area contributed by atoms with E-state index in [1.807, 2.05) is 37.3 Å². The Hall–Kier alpha value is -3.32. The first kappa shape index (κ1) is 22.4. The van der Waals surface area contributed by atoms with Crippen molar-refractivity contribution in [2.75, 3.05) is 11.8 Å². The van der Waals surface area contributed by atoms with Crippen LogP contribution in [0.3, 0.4) is 0 Å². The molecule has 0 saturated carbocycles. The van der Waals surface area contributed by atoms with Crippen LogP contribution < -0.4 is 14.8 Å². The highest BCUT2D eigenvalue weighted by Gasteiger charge is 2.23. The number of carbonyl (C=O) groups is 1. The number of hydrogen-bond donors (Lipinski definition) is 2.